The summed E-state index contributed by atoms with van der Waals surface area (Å²) in [6.45, 7) is 4.18. The Morgan fingerprint density at radius 2 is 2.04 bits per heavy atom. The van der Waals surface area contributed by atoms with Crippen LogP contribution < -0.4 is 16.2 Å². The Hall–Kier alpha value is -2.15. The van der Waals surface area contributed by atoms with Gasteiger partial charge in [0.25, 0.3) is 0 Å². The first kappa shape index (κ1) is 15.7. The molecule has 0 aliphatic carbocycles. The number of nitrogens with two attached hydrogens (primary N) is 2. The van der Waals surface area contributed by atoms with Crippen LogP contribution in [0.15, 0.2) is 36.4 Å². The van der Waals surface area contributed by atoms with Crippen molar-refractivity contribution in [3.8, 4) is 17.1 Å². The second kappa shape index (κ2) is 6.16. The van der Waals surface area contributed by atoms with E-state index in [9.17, 15) is 0 Å². The van der Waals surface area contributed by atoms with Crippen molar-refractivity contribution in [3.63, 3.8) is 0 Å². The highest BCUT2D eigenvalue weighted by atomic mass is 16.7. The number of hydrogen-bond donors (Lipinski definition) is 2. The maximum absolute atomic E-state index is 6.21. The molecule has 1 aromatic carbocycles. The van der Waals surface area contributed by atoms with Crippen molar-refractivity contribution in [1.29, 1.82) is 0 Å². The van der Waals surface area contributed by atoms with Crippen molar-refractivity contribution in [2.45, 2.75) is 25.7 Å². The number of benzene rings is 1. The van der Waals surface area contributed by atoms with Crippen LogP contribution in [0.2, 0.25) is 0 Å². The molecule has 3 rings (SSSR count). The van der Waals surface area contributed by atoms with Crippen LogP contribution in [0, 0.1) is 0 Å². The van der Waals surface area contributed by atoms with Gasteiger partial charge < -0.3 is 19.9 Å². The molecule has 1 atom stereocenters. The molecule has 6 heteroatoms. The van der Waals surface area contributed by atoms with E-state index < -0.39 is 5.79 Å². The summed E-state index contributed by atoms with van der Waals surface area (Å²) < 4.78 is 17.0. The summed E-state index contributed by atoms with van der Waals surface area (Å²) in [5, 5.41) is 0. The van der Waals surface area contributed by atoms with Gasteiger partial charge in [-0.3, -0.25) is 5.73 Å². The normalized spacial score (nSPS) is 19.7. The molecule has 6 nitrogen and oxygen atoms in total. The molecule has 2 aromatic rings. The third kappa shape index (κ3) is 3.29. The van der Waals surface area contributed by atoms with Gasteiger partial charge in [-0.05, 0) is 19.9 Å². The lowest BCUT2D eigenvalue weighted by molar-refractivity contribution is -0.139. The minimum atomic E-state index is -0.637. The standard InChI is InChI=1S/C17H21N3O3/c1-17(2)22-9-14(23-17)12-8-13(11-6-4-3-5-7-11)20-16(15(12)19)21-10-18/h3-8,14H,9-10,18-19H2,1-2H3. The Morgan fingerprint density at radius 3 is 2.65 bits per heavy atom. The smallest absolute Gasteiger partial charge is 0.239 e. The van der Waals surface area contributed by atoms with Crippen LogP contribution in [0.5, 0.6) is 5.88 Å². The molecule has 4 N–H and O–H groups in total. The topological polar surface area (TPSA) is 92.6 Å². The monoisotopic (exact) mass is 315 g/mol. The van der Waals surface area contributed by atoms with Gasteiger partial charge in [-0.15, -0.1) is 0 Å². The van der Waals surface area contributed by atoms with Gasteiger partial charge in [0.05, 0.1) is 12.3 Å². The van der Waals surface area contributed by atoms with Crippen LogP contribution in [-0.4, -0.2) is 24.1 Å². The zero-order valence-corrected chi connectivity index (χ0v) is 13.3. The summed E-state index contributed by atoms with van der Waals surface area (Å²) in [7, 11) is 0. The molecule has 1 aromatic heterocycles. The molecule has 1 fully saturated rings. The van der Waals surface area contributed by atoms with E-state index in [0.717, 1.165) is 16.8 Å². The Labute approximate surface area is 135 Å². The number of hydrogen-bond acceptors (Lipinski definition) is 6. The first-order valence-electron chi connectivity index (χ1n) is 7.50. The van der Waals surface area contributed by atoms with Gasteiger partial charge in [0, 0.05) is 11.1 Å². The summed E-state index contributed by atoms with van der Waals surface area (Å²) in [4.78, 5) is 4.48. The molecule has 1 saturated heterocycles. The fourth-order valence-electron chi connectivity index (χ4n) is 2.60. The van der Waals surface area contributed by atoms with Crippen LogP contribution in [0.3, 0.4) is 0 Å². The third-order valence-corrected chi connectivity index (χ3v) is 3.70. The predicted octanol–water partition coefficient (Wildman–Crippen LogP) is 2.45. The van der Waals surface area contributed by atoms with Gasteiger partial charge in [0.1, 0.15) is 18.5 Å². The lowest BCUT2D eigenvalue weighted by Crippen LogP contribution is -2.20. The zero-order valence-electron chi connectivity index (χ0n) is 13.3. The number of pyridine rings is 1. The lowest BCUT2D eigenvalue weighted by atomic mass is 10.0. The molecule has 0 bridgehead atoms. The molecular formula is C17H21N3O3. The highest BCUT2D eigenvalue weighted by Gasteiger charge is 2.35. The average Bonchev–Trinajstić information content (AvgIpc) is 2.90. The van der Waals surface area contributed by atoms with E-state index in [4.69, 9.17) is 25.7 Å². The molecule has 0 amide bonds. The zero-order chi connectivity index (χ0) is 16.4. The SMILES string of the molecule is CC1(C)OCC(c2cc(-c3ccccc3)nc(OCN)c2N)O1. The molecular weight excluding hydrogens is 294 g/mol. The van der Waals surface area contributed by atoms with Crippen LogP contribution >= 0.6 is 0 Å². The second-order valence-electron chi connectivity index (χ2n) is 5.81. The number of ether oxygens (including phenoxy) is 3. The molecule has 1 aliphatic rings. The van der Waals surface area contributed by atoms with Crippen molar-refractivity contribution in [3.05, 3.63) is 42.0 Å². The molecule has 2 heterocycles. The van der Waals surface area contributed by atoms with Crippen LogP contribution in [0.4, 0.5) is 5.69 Å². The Kier molecular flexibility index (Phi) is 4.21. The molecule has 0 saturated carbocycles. The summed E-state index contributed by atoms with van der Waals surface area (Å²) in [5.74, 6) is -0.320. The number of nitrogen functional groups attached to an aromatic ring is 1. The highest BCUT2D eigenvalue weighted by molar-refractivity contribution is 5.67. The van der Waals surface area contributed by atoms with Crippen molar-refractivity contribution in [2.24, 2.45) is 5.73 Å². The fourth-order valence-corrected chi connectivity index (χ4v) is 2.60. The quantitative estimate of drug-likeness (QED) is 0.842. The first-order chi connectivity index (χ1) is 11.0. The molecule has 1 unspecified atom stereocenters. The number of anilines is 1. The van der Waals surface area contributed by atoms with Crippen LogP contribution in [0.25, 0.3) is 11.3 Å². The van der Waals surface area contributed by atoms with Gasteiger partial charge >= 0.3 is 0 Å². The predicted molar refractivity (Wildman–Crippen MR) is 87.6 cm³/mol. The van der Waals surface area contributed by atoms with E-state index in [-0.39, 0.29) is 12.8 Å². The van der Waals surface area contributed by atoms with Crippen molar-refractivity contribution >= 4 is 5.69 Å². The average molecular weight is 315 g/mol. The molecule has 122 valence electrons. The third-order valence-electron chi connectivity index (χ3n) is 3.70. The summed E-state index contributed by atoms with van der Waals surface area (Å²) >= 11 is 0. The molecule has 0 radical (unpaired) electrons. The Morgan fingerprint density at radius 1 is 1.30 bits per heavy atom. The maximum Gasteiger partial charge on any atom is 0.239 e. The van der Waals surface area contributed by atoms with E-state index in [1.165, 1.54) is 0 Å². The van der Waals surface area contributed by atoms with E-state index in [1.54, 1.807) is 0 Å². The molecule has 23 heavy (non-hydrogen) atoms. The Balaban J connectivity index is 2.06. The van der Waals surface area contributed by atoms with Gasteiger partial charge in [-0.25, -0.2) is 4.98 Å². The van der Waals surface area contributed by atoms with Gasteiger partial charge in [0.15, 0.2) is 5.79 Å². The van der Waals surface area contributed by atoms with Crippen LogP contribution in [-0.2, 0) is 9.47 Å². The van der Waals surface area contributed by atoms with Crippen molar-refractivity contribution in [1.82, 2.24) is 4.98 Å². The first-order valence-corrected chi connectivity index (χ1v) is 7.50. The number of nitrogens with zero attached hydrogens (tertiary/aromatic N) is 1. The largest absolute Gasteiger partial charge is 0.460 e. The summed E-state index contributed by atoms with van der Waals surface area (Å²) in [6.07, 6.45) is -0.268. The van der Waals surface area contributed by atoms with Crippen molar-refractivity contribution < 1.29 is 14.2 Å². The van der Waals surface area contributed by atoms with Gasteiger partial charge in [-0.1, -0.05) is 30.3 Å². The summed E-state index contributed by atoms with van der Waals surface area (Å²) in [6, 6.07) is 11.7. The summed E-state index contributed by atoms with van der Waals surface area (Å²) in [5.41, 5.74) is 14.7. The number of aromatic nitrogens is 1. The van der Waals surface area contributed by atoms with E-state index in [2.05, 4.69) is 4.98 Å². The van der Waals surface area contributed by atoms with E-state index >= 15 is 0 Å². The lowest BCUT2D eigenvalue weighted by Gasteiger charge is -2.19. The Bertz CT molecular complexity index is 689. The van der Waals surface area contributed by atoms with Crippen LogP contribution in [0.1, 0.15) is 25.5 Å². The van der Waals surface area contributed by atoms with Gasteiger partial charge in [0.2, 0.25) is 5.88 Å². The highest BCUT2D eigenvalue weighted by Crippen LogP contribution is 2.39. The molecule has 0 spiro atoms. The number of rotatable bonds is 4. The minimum Gasteiger partial charge on any atom is -0.460 e. The van der Waals surface area contributed by atoms with E-state index in [0.29, 0.717) is 18.2 Å². The fraction of sp³-hybridized carbons (Fsp3) is 0.353. The van der Waals surface area contributed by atoms with Gasteiger partial charge in [-0.2, -0.15) is 0 Å². The van der Waals surface area contributed by atoms with Crippen molar-refractivity contribution in [2.75, 3.05) is 19.1 Å². The second-order valence-corrected chi connectivity index (χ2v) is 5.81. The molecule has 1 aliphatic heterocycles. The van der Waals surface area contributed by atoms with E-state index in [1.807, 2.05) is 50.2 Å². The minimum absolute atomic E-state index is 0.00238. The maximum atomic E-state index is 6.21.